The molecular weight excluding hydrogens is 210 g/mol. The molecule has 0 aliphatic rings. The zero-order valence-electron chi connectivity index (χ0n) is 9.82. The molecule has 5 heteroatoms. The Labute approximate surface area is 94.6 Å². The molecule has 1 N–H and O–H groups in total. The number of methoxy groups -OCH3 is 1. The predicted octanol–water partition coefficient (Wildman–Crippen LogP) is 1.36. The van der Waals surface area contributed by atoms with E-state index in [1.165, 1.54) is 0 Å². The second kappa shape index (κ2) is 5.67. The molecule has 0 saturated heterocycles. The van der Waals surface area contributed by atoms with Crippen LogP contribution >= 0.6 is 0 Å². The van der Waals surface area contributed by atoms with Crippen LogP contribution < -0.4 is 0 Å². The summed E-state index contributed by atoms with van der Waals surface area (Å²) in [6, 6.07) is 1.76. The van der Waals surface area contributed by atoms with Crippen molar-refractivity contribution >= 4 is 5.97 Å². The third kappa shape index (κ3) is 3.36. The summed E-state index contributed by atoms with van der Waals surface area (Å²) in [5.41, 5.74) is 0.655. The van der Waals surface area contributed by atoms with Gasteiger partial charge in [-0.15, -0.1) is 0 Å². The minimum absolute atomic E-state index is 0.0233. The number of hydrogen-bond donors (Lipinski definition) is 1. The van der Waals surface area contributed by atoms with Gasteiger partial charge in [-0.1, -0.05) is 0 Å². The van der Waals surface area contributed by atoms with Gasteiger partial charge in [0, 0.05) is 19.2 Å². The quantitative estimate of drug-likeness (QED) is 0.795. The average Bonchev–Trinajstić information content (AvgIpc) is 2.56. The fourth-order valence-electron chi connectivity index (χ4n) is 1.43. The van der Waals surface area contributed by atoms with Gasteiger partial charge in [0.05, 0.1) is 13.2 Å². The summed E-state index contributed by atoms with van der Waals surface area (Å²) in [5.74, 6) is -0.341. The van der Waals surface area contributed by atoms with E-state index in [2.05, 4.69) is 0 Å². The largest absolute Gasteiger partial charge is 0.475 e. The molecule has 0 aliphatic heterocycles. The van der Waals surface area contributed by atoms with E-state index in [1.807, 2.05) is 11.9 Å². The van der Waals surface area contributed by atoms with E-state index in [0.29, 0.717) is 24.5 Å². The van der Waals surface area contributed by atoms with Crippen molar-refractivity contribution in [2.75, 3.05) is 27.3 Å². The Hall–Kier alpha value is -1.33. The maximum Gasteiger partial charge on any atom is 0.372 e. The van der Waals surface area contributed by atoms with Crippen molar-refractivity contribution in [3.8, 4) is 0 Å². The van der Waals surface area contributed by atoms with Gasteiger partial charge >= 0.3 is 5.97 Å². The fourth-order valence-corrected chi connectivity index (χ4v) is 1.43. The molecule has 1 heterocycles. The van der Waals surface area contributed by atoms with Crippen molar-refractivity contribution in [2.45, 2.75) is 13.5 Å². The first-order valence-electron chi connectivity index (χ1n) is 5.04. The molecule has 0 unspecified atom stereocenters. The Kier molecular flexibility index (Phi) is 4.52. The smallest absolute Gasteiger partial charge is 0.372 e. The first-order chi connectivity index (χ1) is 7.54. The molecular formula is C11H17NO4. The summed E-state index contributed by atoms with van der Waals surface area (Å²) in [5, 5.41) is 8.83. The number of rotatable bonds is 6. The standard InChI is InChI=1S/C11H17NO4/c1-8-6-9(16-10(8)11(13)14)7-12(2)4-5-15-3/h6H,4-5,7H2,1-3H3,(H,13,14). The minimum Gasteiger partial charge on any atom is -0.475 e. The minimum atomic E-state index is -1.02. The topological polar surface area (TPSA) is 62.9 Å². The predicted molar refractivity (Wildman–Crippen MR) is 58.6 cm³/mol. The number of carboxylic acids is 1. The van der Waals surface area contributed by atoms with E-state index in [4.69, 9.17) is 14.3 Å². The Morgan fingerprint density at radius 2 is 2.31 bits per heavy atom. The Balaban J connectivity index is 2.60. The van der Waals surface area contributed by atoms with Gasteiger partial charge in [-0.25, -0.2) is 4.79 Å². The van der Waals surface area contributed by atoms with Gasteiger partial charge in [-0.3, -0.25) is 4.90 Å². The number of aromatic carboxylic acids is 1. The fraction of sp³-hybridized carbons (Fsp3) is 0.545. The van der Waals surface area contributed by atoms with Crippen LogP contribution in [-0.2, 0) is 11.3 Å². The molecule has 0 saturated carbocycles. The van der Waals surface area contributed by atoms with Gasteiger partial charge in [0.1, 0.15) is 5.76 Å². The van der Waals surface area contributed by atoms with E-state index in [0.717, 1.165) is 6.54 Å². The number of carbonyl (C=O) groups is 1. The van der Waals surface area contributed by atoms with Crippen molar-refractivity contribution in [1.82, 2.24) is 4.90 Å². The van der Waals surface area contributed by atoms with Gasteiger partial charge in [0.15, 0.2) is 0 Å². The first-order valence-corrected chi connectivity index (χ1v) is 5.04. The molecule has 0 radical (unpaired) electrons. The molecule has 0 bridgehead atoms. The maximum atomic E-state index is 10.8. The molecule has 0 aliphatic carbocycles. The van der Waals surface area contributed by atoms with E-state index < -0.39 is 5.97 Å². The van der Waals surface area contributed by atoms with Crippen LogP contribution in [0, 0.1) is 6.92 Å². The average molecular weight is 227 g/mol. The van der Waals surface area contributed by atoms with Crippen LogP contribution in [0.25, 0.3) is 0 Å². The Morgan fingerprint density at radius 3 is 2.81 bits per heavy atom. The van der Waals surface area contributed by atoms with Crippen molar-refractivity contribution in [2.24, 2.45) is 0 Å². The van der Waals surface area contributed by atoms with Gasteiger partial charge < -0.3 is 14.3 Å². The number of carboxylic acid groups (broad SMARTS) is 1. The van der Waals surface area contributed by atoms with Crippen LogP contribution in [0.4, 0.5) is 0 Å². The highest BCUT2D eigenvalue weighted by molar-refractivity contribution is 5.86. The van der Waals surface area contributed by atoms with Crippen LogP contribution in [0.15, 0.2) is 10.5 Å². The highest BCUT2D eigenvalue weighted by Gasteiger charge is 2.14. The summed E-state index contributed by atoms with van der Waals surface area (Å²) in [4.78, 5) is 12.8. The van der Waals surface area contributed by atoms with Crippen LogP contribution in [0.2, 0.25) is 0 Å². The van der Waals surface area contributed by atoms with E-state index >= 15 is 0 Å². The zero-order chi connectivity index (χ0) is 12.1. The summed E-state index contributed by atoms with van der Waals surface area (Å²) in [6.45, 7) is 3.73. The lowest BCUT2D eigenvalue weighted by Crippen LogP contribution is -2.21. The molecule has 0 amide bonds. The normalized spacial score (nSPS) is 11.0. The second-order valence-electron chi connectivity index (χ2n) is 3.76. The molecule has 1 aromatic rings. The molecule has 5 nitrogen and oxygen atoms in total. The van der Waals surface area contributed by atoms with Crippen LogP contribution in [0.1, 0.15) is 21.9 Å². The van der Waals surface area contributed by atoms with Gasteiger partial charge in [0.25, 0.3) is 0 Å². The Bertz CT molecular complexity index is 359. The lowest BCUT2D eigenvalue weighted by molar-refractivity contribution is 0.0657. The lowest BCUT2D eigenvalue weighted by Gasteiger charge is -2.13. The van der Waals surface area contributed by atoms with E-state index in [-0.39, 0.29) is 5.76 Å². The number of ether oxygens (including phenoxy) is 1. The maximum absolute atomic E-state index is 10.8. The van der Waals surface area contributed by atoms with E-state index in [1.54, 1.807) is 20.1 Å². The monoisotopic (exact) mass is 227 g/mol. The van der Waals surface area contributed by atoms with Crippen molar-refractivity contribution in [3.63, 3.8) is 0 Å². The highest BCUT2D eigenvalue weighted by atomic mass is 16.5. The molecule has 1 rings (SSSR count). The lowest BCUT2D eigenvalue weighted by atomic mass is 10.2. The first kappa shape index (κ1) is 12.7. The molecule has 0 fully saturated rings. The second-order valence-corrected chi connectivity index (χ2v) is 3.76. The number of furan rings is 1. The number of likely N-dealkylation sites (N-methyl/N-ethyl adjacent to an activating group) is 1. The SMILES string of the molecule is COCCN(C)Cc1cc(C)c(C(=O)O)o1. The summed E-state index contributed by atoms with van der Waals surface area (Å²) in [6.07, 6.45) is 0. The van der Waals surface area contributed by atoms with Gasteiger partial charge in [0.2, 0.25) is 5.76 Å². The third-order valence-corrected chi connectivity index (χ3v) is 2.27. The Morgan fingerprint density at radius 1 is 1.62 bits per heavy atom. The van der Waals surface area contributed by atoms with Gasteiger partial charge in [-0.05, 0) is 20.0 Å². The molecule has 0 aromatic carbocycles. The molecule has 16 heavy (non-hydrogen) atoms. The highest BCUT2D eigenvalue weighted by Crippen LogP contribution is 2.15. The zero-order valence-corrected chi connectivity index (χ0v) is 9.82. The van der Waals surface area contributed by atoms with Crippen molar-refractivity contribution < 1.29 is 19.1 Å². The van der Waals surface area contributed by atoms with Crippen LogP contribution in [0.3, 0.4) is 0 Å². The van der Waals surface area contributed by atoms with Crippen molar-refractivity contribution in [3.05, 3.63) is 23.2 Å². The molecule has 1 aromatic heterocycles. The summed E-state index contributed by atoms with van der Waals surface area (Å²) < 4.78 is 10.2. The van der Waals surface area contributed by atoms with E-state index in [9.17, 15) is 4.79 Å². The molecule has 0 atom stereocenters. The number of nitrogens with zero attached hydrogens (tertiary/aromatic N) is 1. The number of aryl methyl sites for hydroxylation is 1. The summed E-state index contributed by atoms with van der Waals surface area (Å²) in [7, 11) is 3.57. The summed E-state index contributed by atoms with van der Waals surface area (Å²) >= 11 is 0. The van der Waals surface area contributed by atoms with Crippen LogP contribution in [-0.4, -0.2) is 43.3 Å². The molecule has 90 valence electrons. The third-order valence-electron chi connectivity index (χ3n) is 2.27. The van der Waals surface area contributed by atoms with Crippen molar-refractivity contribution in [1.29, 1.82) is 0 Å². The van der Waals surface area contributed by atoms with Crippen LogP contribution in [0.5, 0.6) is 0 Å². The van der Waals surface area contributed by atoms with Gasteiger partial charge in [-0.2, -0.15) is 0 Å². The molecule has 0 spiro atoms. The number of hydrogen-bond acceptors (Lipinski definition) is 4.